The lowest BCUT2D eigenvalue weighted by Crippen LogP contribution is -2.61. The van der Waals surface area contributed by atoms with Crippen LogP contribution in [-0.2, 0) is 14.3 Å². The van der Waals surface area contributed by atoms with Gasteiger partial charge in [0.05, 0.1) is 0 Å². The van der Waals surface area contributed by atoms with Gasteiger partial charge in [-0.05, 0) is 31.6 Å². The van der Waals surface area contributed by atoms with Crippen molar-refractivity contribution in [1.29, 1.82) is 0 Å². The van der Waals surface area contributed by atoms with Crippen molar-refractivity contribution < 1.29 is 14.3 Å². The molecule has 3 heteroatoms. The summed E-state index contributed by atoms with van der Waals surface area (Å²) in [7, 11) is 0. The van der Waals surface area contributed by atoms with Crippen LogP contribution in [0.5, 0.6) is 0 Å². The smallest absolute Gasteiger partial charge is 0.330 e. The molecular formula is C14H18O3. The van der Waals surface area contributed by atoms with Crippen LogP contribution < -0.4 is 0 Å². The highest BCUT2D eigenvalue weighted by Crippen LogP contribution is 2.58. The highest BCUT2D eigenvalue weighted by Gasteiger charge is 2.61. The molecule has 4 aliphatic rings. The number of hydrogen-bond acceptors (Lipinski definition) is 3. The van der Waals surface area contributed by atoms with E-state index in [1.54, 1.807) is 0 Å². The summed E-state index contributed by atoms with van der Waals surface area (Å²) in [6, 6.07) is 0. The second-order valence-corrected chi connectivity index (χ2v) is 5.93. The van der Waals surface area contributed by atoms with Crippen molar-refractivity contribution in [2.24, 2.45) is 23.7 Å². The minimum atomic E-state index is -0.379. The molecule has 3 nitrogen and oxygen atoms in total. The number of carbonyl (C=O) groups excluding carboxylic acids is 2. The first kappa shape index (κ1) is 11.0. The molecule has 0 radical (unpaired) electrons. The minimum absolute atomic E-state index is 0.124. The van der Waals surface area contributed by atoms with E-state index in [9.17, 15) is 9.59 Å². The molecule has 0 amide bonds. The maximum Gasteiger partial charge on any atom is 0.330 e. The zero-order valence-corrected chi connectivity index (χ0v) is 10.1. The van der Waals surface area contributed by atoms with Gasteiger partial charge in [0, 0.05) is 23.8 Å². The average molecular weight is 234 g/mol. The summed E-state index contributed by atoms with van der Waals surface area (Å²) >= 11 is 0. The molecule has 0 saturated heterocycles. The summed E-state index contributed by atoms with van der Waals surface area (Å²) in [6.45, 7) is 5.52. The predicted molar refractivity (Wildman–Crippen MR) is 62.1 cm³/mol. The number of esters is 1. The van der Waals surface area contributed by atoms with Crippen molar-refractivity contribution >= 4 is 11.8 Å². The van der Waals surface area contributed by atoms with E-state index in [0.29, 0.717) is 11.7 Å². The van der Waals surface area contributed by atoms with E-state index < -0.39 is 0 Å². The third kappa shape index (κ3) is 1.41. The van der Waals surface area contributed by atoms with Crippen LogP contribution in [0.2, 0.25) is 0 Å². The first-order valence-electron chi connectivity index (χ1n) is 6.45. The quantitative estimate of drug-likeness (QED) is 0.543. The molecule has 0 aliphatic heterocycles. The van der Waals surface area contributed by atoms with Crippen LogP contribution in [0.25, 0.3) is 0 Å². The fourth-order valence-corrected chi connectivity index (χ4v) is 4.34. The fourth-order valence-electron chi connectivity index (χ4n) is 4.34. The molecule has 92 valence electrons. The van der Waals surface area contributed by atoms with Gasteiger partial charge >= 0.3 is 5.97 Å². The van der Waals surface area contributed by atoms with E-state index in [2.05, 4.69) is 13.5 Å². The molecule has 4 fully saturated rings. The van der Waals surface area contributed by atoms with Gasteiger partial charge < -0.3 is 4.74 Å². The Balaban J connectivity index is 1.93. The zero-order chi connectivity index (χ0) is 12.2. The standard InChI is InChI=1S/C14H18O3/c1-3-12(15)17-14-6-9-4-10(7-14)13(16)11(5-9)8(14)2/h3,8-11H,1,4-7H2,2H3. The van der Waals surface area contributed by atoms with Crippen molar-refractivity contribution in [2.75, 3.05) is 0 Å². The van der Waals surface area contributed by atoms with Crippen LogP contribution >= 0.6 is 0 Å². The van der Waals surface area contributed by atoms with Gasteiger partial charge in [-0.1, -0.05) is 13.5 Å². The molecule has 4 rings (SSSR count). The summed E-state index contributed by atoms with van der Waals surface area (Å²) < 4.78 is 5.65. The Kier molecular flexibility index (Phi) is 2.22. The van der Waals surface area contributed by atoms with Crippen molar-refractivity contribution in [3.8, 4) is 0 Å². The summed E-state index contributed by atoms with van der Waals surface area (Å²) in [6.07, 6.45) is 4.92. The molecule has 5 atom stereocenters. The van der Waals surface area contributed by atoms with Gasteiger partial charge in [0.2, 0.25) is 0 Å². The Morgan fingerprint density at radius 1 is 1.47 bits per heavy atom. The lowest BCUT2D eigenvalue weighted by Gasteiger charge is -2.58. The van der Waals surface area contributed by atoms with E-state index >= 15 is 0 Å². The van der Waals surface area contributed by atoms with Gasteiger partial charge in [-0.2, -0.15) is 0 Å². The van der Waals surface area contributed by atoms with Gasteiger partial charge in [-0.15, -0.1) is 0 Å². The molecule has 4 bridgehead atoms. The minimum Gasteiger partial charge on any atom is -0.456 e. The molecule has 0 N–H and O–H groups in total. The summed E-state index contributed by atoms with van der Waals surface area (Å²) in [4.78, 5) is 23.6. The molecule has 0 heterocycles. The molecule has 4 aliphatic carbocycles. The lowest BCUT2D eigenvalue weighted by molar-refractivity contribution is -0.201. The third-order valence-electron chi connectivity index (χ3n) is 5.10. The van der Waals surface area contributed by atoms with E-state index in [-0.39, 0.29) is 29.3 Å². The summed E-state index contributed by atoms with van der Waals surface area (Å²) in [5.41, 5.74) is -0.379. The molecule has 0 aromatic rings. The topological polar surface area (TPSA) is 43.4 Å². The van der Waals surface area contributed by atoms with E-state index in [4.69, 9.17) is 4.74 Å². The van der Waals surface area contributed by atoms with Gasteiger partial charge in [0.1, 0.15) is 11.4 Å². The Hall–Kier alpha value is -1.12. The number of carbonyl (C=O) groups is 2. The molecule has 0 aromatic carbocycles. The number of ketones is 1. The van der Waals surface area contributed by atoms with Gasteiger partial charge in [0.15, 0.2) is 0 Å². The zero-order valence-electron chi connectivity index (χ0n) is 10.1. The molecule has 0 aromatic heterocycles. The number of rotatable bonds is 2. The van der Waals surface area contributed by atoms with Crippen molar-refractivity contribution in [2.45, 2.75) is 38.2 Å². The average Bonchev–Trinajstić information content (AvgIpc) is 2.31. The number of hydrogen-bond donors (Lipinski definition) is 0. The van der Waals surface area contributed by atoms with Crippen LogP contribution in [-0.4, -0.2) is 17.4 Å². The largest absolute Gasteiger partial charge is 0.456 e. The van der Waals surface area contributed by atoms with Crippen LogP contribution in [0.4, 0.5) is 0 Å². The van der Waals surface area contributed by atoms with Crippen LogP contribution in [0.3, 0.4) is 0 Å². The van der Waals surface area contributed by atoms with Crippen molar-refractivity contribution in [1.82, 2.24) is 0 Å². The van der Waals surface area contributed by atoms with E-state index in [0.717, 1.165) is 25.7 Å². The molecule has 17 heavy (non-hydrogen) atoms. The van der Waals surface area contributed by atoms with Gasteiger partial charge in [0.25, 0.3) is 0 Å². The van der Waals surface area contributed by atoms with Crippen LogP contribution in [0.15, 0.2) is 12.7 Å². The maximum absolute atomic E-state index is 12.1. The Bertz CT molecular complexity index is 400. The maximum atomic E-state index is 12.1. The molecular weight excluding hydrogens is 216 g/mol. The van der Waals surface area contributed by atoms with Crippen molar-refractivity contribution in [3.63, 3.8) is 0 Å². The molecule has 0 spiro atoms. The third-order valence-corrected chi connectivity index (χ3v) is 5.10. The normalized spacial score (nSPS) is 47.0. The fraction of sp³-hybridized carbons (Fsp3) is 0.714. The first-order chi connectivity index (χ1) is 8.05. The Morgan fingerprint density at radius 3 is 2.94 bits per heavy atom. The predicted octanol–water partition coefficient (Wildman–Crippen LogP) is 2.11. The van der Waals surface area contributed by atoms with E-state index in [1.807, 2.05) is 0 Å². The second kappa shape index (κ2) is 3.44. The highest BCUT2D eigenvalue weighted by atomic mass is 16.6. The number of Topliss-reactive ketones (excluding diaryl/α,β-unsaturated/α-hetero) is 1. The van der Waals surface area contributed by atoms with E-state index in [1.165, 1.54) is 6.08 Å². The summed E-state index contributed by atoms with van der Waals surface area (Å²) in [5.74, 6) is 1.09. The summed E-state index contributed by atoms with van der Waals surface area (Å²) in [5, 5.41) is 0. The van der Waals surface area contributed by atoms with Crippen LogP contribution in [0, 0.1) is 23.7 Å². The molecule has 4 saturated carbocycles. The Labute approximate surface area is 101 Å². The highest BCUT2D eigenvalue weighted by molar-refractivity contribution is 5.87. The monoisotopic (exact) mass is 234 g/mol. The molecule has 5 unspecified atom stereocenters. The van der Waals surface area contributed by atoms with Crippen LogP contribution in [0.1, 0.15) is 32.6 Å². The lowest BCUT2D eigenvalue weighted by atomic mass is 9.49. The van der Waals surface area contributed by atoms with Crippen molar-refractivity contribution in [3.05, 3.63) is 12.7 Å². The van der Waals surface area contributed by atoms with Gasteiger partial charge in [-0.25, -0.2) is 4.79 Å². The SMILES string of the molecule is C=CC(=O)OC12CC3CC(C1)C(=O)C(C3)C2C. The Morgan fingerprint density at radius 2 is 2.24 bits per heavy atom. The second-order valence-electron chi connectivity index (χ2n) is 5.93. The van der Waals surface area contributed by atoms with Gasteiger partial charge in [-0.3, -0.25) is 4.79 Å². The number of ether oxygens (including phenoxy) is 1. The first-order valence-corrected chi connectivity index (χ1v) is 6.45.